The highest BCUT2D eigenvalue weighted by atomic mass is 32.1. The van der Waals surface area contributed by atoms with E-state index in [-0.39, 0.29) is 18.3 Å². The molecule has 4 nitrogen and oxygen atoms in total. The Morgan fingerprint density at radius 3 is 3.04 bits per heavy atom. The number of carbonyl (C=O) groups excluding carboxylic acids is 1. The van der Waals surface area contributed by atoms with Crippen LogP contribution in [-0.2, 0) is 4.79 Å². The molecule has 1 fully saturated rings. The van der Waals surface area contributed by atoms with E-state index in [0.29, 0.717) is 16.7 Å². The van der Waals surface area contributed by atoms with Crippen molar-refractivity contribution in [1.82, 2.24) is 9.88 Å². The number of anilines is 1. The van der Waals surface area contributed by atoms with Crippen molar-refractivity contribution in [2.75, 3.05) is 25.0 Å². The minimum absolute atomic E-state index is 0.138. The van der Waals surface area contributed by atoms with E-state index in [0.717, 1.165) is 30.5 Å². The van der Waals surface area contributed by atoms with Gasteiger partial charge in [-0.2, -0.15) is 0 Å². The van der Waals surface area contributed by atoms with Crippen molar-refractivity contribution in [3.8, 4) is 0 Å². The number of likely N-dealkylation sites (tertiary alicyclic amines) is 1. The number of benzene rings is 1. The molecule has 1 amide bonds. The number of fused-ring (bicyclic) bond motifs is 1. The minimum atomic E-state index is -0.313. The van der Waals surface area contributed by atoms with E-state index in [2.05, 4.69) is 11.9 Å². The van der Waals surface area contributed by atoms with Crippen LogP contribution in [-0.4, -0.2) is 42.0 Å². The van der Waals surface area contributed by atoms with Crippen LogP contribution in [0.1, 0.15) is 32.6 Å². The van der Waals surface area contributed by atoms with Gasteiger partial charge in [-0.1, -0.05) is 24.3 Å². The van der Waals surface area contributed by atoms with Crippen molar-refractivity contribution in [3.63, 3.8) is 0 Å². The lowest BCUT2D eigenvalue weighted by atomic mass is 10.00. The first-order valence-corrected chi connectivity index (χ1v) is 8.97. The van der Waals surface area contributed by atoms with Crippen LogP contribution in [0.25, 0.3) is 10.2 Å². The van der Waals surface area contributed by atoms with Gasteiger partial charge in [-0.05, 0) is 37.8 Å². The predicted molar refractivity (Wildman–Crippen MR) is 92.5 cm³/mol. The summed E-state index contributed by atoms with van der Waals surface area (Å²) in [6.45, 7) is 3.27. The molecule has 1 aliphatic heterocycles. The van der Waals surface area contributed by atoms with E-state index in [9.17, 15) is 9.18 Å². The molecule has 3 rings (SSSR count). The lowest BCUT2D eigenvalue weighted by molar-refractivity contribution is -0.133. The van der Waals surface area contributed by atoms with E-state index in [1.807, 2.05) is 22.9 Å². The van der Waals surface area contributed by atoms with Crippen molar-refractivity contribution in [2.24, 2.45) is 0 Å². The summed E-state index contributed by atoms with van der Waals surface area (Å²) >= 11 is 1.42. The zero-order valence-corrected chi connectivity index (χ0v) is 14.4. The summed E-state index contributed by atoms with van der Waals surface area (Å²) in [5.74, 6) is -0.175. The number of likely N-dealkylation sites (N-methyl/N-ethyl adjacent to an activating group) is 1. The van der Waals surface area contributed by atoms with Gasteiger partial charge in [0.25, 0.3) is 0 Å². The molecular weight excluding hydrogens is 313 g/mol. The lowest BCUT2D eigenvalue weighted by Gasteiger charge is -2.36. The second-order valence-electron chi connectivity index (χ2n) is 6.08. The Balaban J connectivity index is 1.73. The largest absolute Gasteiger partial charge is 0.342 e. The molecule has 0 radical (unpaired) electrons. The third kappa shape index (κ3) is 3.32. The first-order chi connectivity index (χ1) is 11.1. The second-order valence-corrected chi connectivity index (χ2v) is 7.09. The topological polar surface area (TPSA) is 36.4 Å². The van der Waals surface area contributed by atoms with Gasteiger partial charge in [0.05, 0.1) is 11.2 Å². The molecule has 0 N–H and O–H groups in total. The normalized spacial score (nSPS) is 18.4. The highest BCUT2D eigenvalue weighted by Crippen LogP contribution is 2.29. The van der Waals surface area contributed by atoms with Gasteiger partial charge in [0.15, 0.2) is 5.13 Å². The molecule has 1 unspecified atom stereocenters. The molecule has 0 aliphatic carbocycles. The number of carbonyl (C=O) groups is 1. The number of hydrogen-bond donors (Lipinski definition) is 0. The lowest BCUT2D eigenvalue weighted by Crippen LogP contribution is -2.47. The van der Waals surface area contributed by atoms with E-state index >= 15 is 0 Å². The molecule has 23 heavy (non-hydrogen) atoms. The third-order valence-corrected chi connectivity index (χ3v) is 5.61. The fraction of sp³-hybridized carbons (Fsp3) is 0.529. The third-order valence-electron chi connectivity index (χ3n) is 4.48. The average molecular weight is 335 g/mol. The van der Waals surface area contributed by atoms with Crippen LogP contribution in [0, 0.1) is 5.82 Å². The number of piperidine rings is 1. The number of halogens is 1. The van der Waals surface area contributed by atoms with Gasteiger partial charge in [0.1, 0.15) is 11.3 Å². The Bertz CT molecular complexity index is 702. The van der Waals surface area contributed by atoms with Gasteiger partial charge in [0.2, 0.25) is 5.91 Å². The van der Waals surface area contributed by atoms with Crippen LogP contribution >= 0.6 is 11.3 Å². The summed E-state index contributed by atoms with van der Waals surface area (Å²) in [7, 11) is 1.85. The first kappa shape index (κ1) is 16.2. The maximum Gasteiger partial charge on any atom is 0.242 e. The molecule has 1 aliphatic rings. The molecular formula is C17H22FN3OS. The summed E-state index contributed by atoms with van der Waals surface area (Å²) in [5.41, 5.74) is 0.385. The fourth-order valence-corrected chi connectivity index (χ4v) is 4.12. The number of amides is 1. The van der Waals surface area contributed by atoms with Crippen molar-refractivity contribution in [1.29, 1.82) is 0 Å². The number of nitrogens with zero attached hydrogens (tertiary/aromatic N) is 3. The molecule has 1 aromatic heterocycles. The average Bonchev–Trinajstić information content (AvgIpc) is 3.00. The predicted octanol–water partition coefficient (Wildman–Crippen LogP) is 3.66. The monoisotopic (exact) mass is 335 g/mol. The molecule has 0 spiro atoms. The molecule has 6 heteroatoms. The van der Waals surface area contributed by atoms with Crippen LogP contribution < -0.4 is 4.90 Å². The van der Waals surface area contributed by atoms with Crippen molar-refractivity contribution in [3.05, 3.63) is 24.0 Å². The number of thiazole rings is 1. The standard InChI is InChI=1S/C17H22FN3OS/c1-3-12-7-4-5-10-21(12)15(22)11-20(2)17-19-16-13(18)8-6-9-14(16)23-17/h6,8-9,12H,3-5,7,10-11H2,1-2H3. The molecule has 124 valence electrons. The van der Waals surface area contributed by atoms with Gasteiger partial charge in [0, 0.05) is 19.6 Å². The van der Waals surface area contributed by atoms with Crippen molar-refractivity contribution < 1.29 is 9.18 Å². The summed E-state index contributed by atoms with van der Waals surface area (Å²) in [4.78, 5) is 20.8. The van der Waals surface area contributed by atoms with Gasteiger partial charge in [-0.25, -0.2) is 9.37 Å². The van der Waals surface area contributed by atoms with Crippen molar-refractivity contribution >= 4 is 32.6 Å². The van der Waals surface area contributed by atoms with E-state index in [4.69, 9.17) is 0 Å². The van der Waals surface area contributed by atoms with Crippen molar-refractivity contribution in [2.45, 2.75) is 38.6 Å². The Morgan fingerprint density at radius 2 is 2.30 bits per heavy atom. The smallest absolute Gasteiger partial charge is 0.242 e. The SMILES string of the molecule is CCC1CCCCN1C(=O)CN(C)c1nc2c(F)cccc2s1. The molecule has 2 heterocycles. The Kier molecular flexibility index (Phi) is 4.80. The molecule has 0 saturated carbocycles. The van der Waals surface area contributed by atoms with Crippen LogP contribution in [0.3, 0.4) is 0 Å². The quantitative estimate of drug-likeness (QED) is 0.855. The molecule has 0 bridgehead atoms. The van der Waals surface area contributed by atoms with Crippen LogP contribution in [0.5, 0.6) is 0 Å². The fourth-order valence-electron chi connectivity index (χ4n) is 3.18. The zero-order chi connectivity index (χ0) is 16.4. The van der Waals surface area contributed by atoms with Gasteiger partial charge in [-0.3, -0.25) is 4.79 Å². The maximum atomic E-state index is 13.8. The highest BCUT2D eigenvalue weighted by molar-refractivity contribution is 7.22. The Morgan fingerprint density at radius 1 is 1.48 bits per heavy atom. The Labute approximate surface area is 139 Å². The number of hydrogen-bond acceptors (Lipinski definition) is 4. The second kappa shape index (κ2) is 6.83. The van der Waals surface area contributed by atoms with Gasteiger partial charge in [-0.15, -0.1) is 0 Å². The maximum absolute atomic E-state index is 13.8. The zero-order valence-electron chi connectivity index (χ0n) is 13.6. The van der Waals surface area contributed by atoms with Crippen LogP contribution in [0.15, 0.2) is 18.2 Å². The first-order valence-electron chi connectivity index (χ1n) is 8.15. The summed E-state index contributed by atoms with van der Waals surface area (Å²) < 4.78 is 14.6. The molecule has 1 saturated heterocycles. The van der Waals surface area contributed by atoms with E-state index in [1.165, 1.54) is 23.8 Å². The molecule has 2 aromatic rings. The Hall–Kier alpha value is -1.69. The number of aromatic nitrogens is 1. The summed E-state index contributed by atoms with van der Waals surface area (Å²) in [5, 5.41) is 0.684. The van der Waals surface area contributed by atoms with Gasteiger partial charge < -0.3 is 9.80 Å². The summed E-state index contributed by atoms with van der Waals surface area (Å²) in [6.07, 6.45) is 4.38. The van der Waals surface area contributed by atoms with Crippen LogP contribution in [0.4, 0.5) is 9.52 Å². The van der Waals surface area contributed by atoms with E-state index < -0.39 is 0 Å². The molecule has 1 aromatic carbocycles. The molecule has 1 atom stereocenters. The van der Waals surface area contributed by atoms with E-state index in [1.54, 1.807) is 6.07 Å². The number of rotatable bonds is 4. The highest BCUT2D eigenvalue weighted by Gasteiger charge is 2.26. The summed E-state index contributed by atoms with van der Waals surface area (Å²) in [6, 6.07) is 5.31. The minimum Gasteiger partial charge on any atom is -0.342 e. The number of para-hydroxylation sites is 1. The van der Waals surface area contributed by atoms with Crippen LogP contribution in [0.2, 0.25) is 0 Å². The van der Waals surface area contributed by atoms with Gasteiger partial charge >= 0.3 is 0 Å².